The predicted octanol–water partition coefficient (Wildman–Crippen LogP) is 15.9. The van der Waals surface area contributed by atoms with Crippen molar-refractivity contribution < 1.29 is 50.2 Å². The lowest BCUT2D eigenvalue weighted by Crippen LogP contribution is -2.48. The molecular formula is C58H150O11Si9. The summed E-state index contributed by atoms with van der Waals surface area (Å²) in [5.74, 6) is 0. The molecule has 0 N–H and O–H groups in total. The van der Waals surface area contributed by atoms with Crippen LogP contribution in [-0.2, 0) is 50.2 Å². The van der Waals surface area contributed by atoms with Gasteiger partial charge in [-0.1, -0.05) is 171 Å². The molecule has 0 aliphatic carbocycles. The van der Waals surface area contributed by atoms with Crippen LogP contribution in [0.15, 0.2) is 24.3 Å². The minimum Gasteiger partial charge on any atom is -0.458 e. The fourth-order valence-corrected chi connectivity index (χ4v) is 36.3. The van der Waals surface area contributed by atoms with E-state index in [9.17, 15) is 0 Å². The summed E-state index contributed by atoms with van der Waals surface area (Å²) in [6.45, 7) is 51.1. The SMILES string of the molecule is C.C.C.C.C.C.C.C.COCCOCCC[Si](C)(C)CC[SiH](C)C.COCCOCCC[Si](C)(C)O[SiH](C)C.COCCOCCC[Si](C)(C)O[Si](C)(C)O[SiH](C)C.COCCOCCC[Si](C)(C)c1ccc([SiH](C)C)cc1. The minimum absolute atomic E-state index is 0. The molecule has 1 aromatic rings. The first kappa shape index (κ1) is 104. The Bertz CT molecular complexity index is 1300. The van der Waals surface area contributed by atoms with Gasteiger partial charge in [0.1, 0.15) is 0 Å². The topological polar surface area (TPSA) is 102 Å². The average Bonchev–Trinajstić information content (AvgIpc) is 3.24. The number of hydrogen-bond acceptors (Lipinski definition) is 11. The molecule has 0 fully saturated rings. The van der Waals surface area contributed by atoms with E-state index in [1.165, 1.54) is 36.6 Å². The highest BCUT2D eigenvalue weighted by Gasteiger charge is 2.35. The van der Waals surface area contributed by atoms with Gasteiger partial charge in [0, 0.05) is 71.7 Å². The highest BCUT2D eigenvalue weighted by atomic mass is 28.5. The number of methoxy groups -OCH3 is 4. The van der Waals surface area contributed by atoms with E-state index < -0.39 is 68.2 Å². The van der Waals surface area contributed by atoms with Crippen LogP contribution in [0.1, 0.15) is 85.1 Å². The molecule has 0 aliphatic heterocycles. The molecule has 484 valence electrons. The Morgan fingerprint density at radius 2 is 0.705 bits per heavy atom. The first-order valence-corrected chi connectivity index (χ1v) is 54.3. The highest BCUT2D eigenvalue weighted by molar-refractivity contribution is 6.90. The maximum atomic E-state index is 6.37. The van der Waals surface area contributed by atoms with Crippen molar-refractivity contribution >= 4 is 87.4 Å². The monoisotopic (exact) mass is 1270 g/mol. The van der Waals surface area contributed by atoms with Gasteiger partial charge in [0.15, 0.2) is 34.7 Å². The Hall–Kier alpha value is 0.732. The van der Waals surface area contributed by atoms with E-state index in [0.717, 1.165) is 64.9 Å². The van der Waals surface area contributed by atoms with E-state index in [-0.39, 0.29) is 68.2 Å². The lowest BCUT2D eigenvalue weighted by molar-refractivity contribution is 0.0707. The van der Waals surface area contributed by atoms with Gasteiger partial charge in [0.05, 0.1) is 69.7 Å². The van der Waals surface area contributed by atoms with Crippen molar-refractivity contribution in [2.45, 2.75) is 239 Å². The quantitative estimate of drug-likeness (QED) is 0.0465. The summed E-state index contributed by atoms with van der Waals surface area (Å²) in [4.78, 5) is 0. The second-order valence-electron chi connectivity index (χ2n) is 22.9. The van der Waals surface area contributed by atoms with E-state index in [0.29, 0.717) is 39.6 Å². The standard InChI is InChI=1S/C16H30O2Si2.C12H32O4Si3.C12H30O2Si2.C10H26O3Si2.8CH4/c1-17-12-13-18-11-6-14-20(4,5)16-9-7-15(8-10-16)19(2)3;1-13-10-11-14-9-8-12-18(4,5)16-19(6,7)15-17(2)3;1-13-8-9-14-7-6-11-16(4,5)12-10-15(2)3;1-11-8-9-12-7-6-10-15(4,5)13-14(2)3;;;;;;;;/h7-10,19H,6,11-14H2,1-5H3;17H,8-12H2,1-7H3;15H,6-12H2,1-5H3;14H,6-10H2,1-5H3;8*1H4. The Kier molecular flexibility index (Phi) is 82.8. The van der Waals surface area contributed by atoms with E-state index in [1.807, 2.05) is 0 Å². The molecule has 0 aromatic heterocycles. The second kappa shape index (κ2) is 62.3. The van der Waals surface area contributed by atoms with Gasteiger partial charge < -0.3 is 50.2 Å². The van der Waals surface area contributed by atoms with Crippen LogP contribution in [0.4, 0.5) is 0 Å². The molecule has 0 aliphatic rings. The van der Waals surface area contributed by atoms with Crippen molar-refractivity contribution in [3.05, 3.63) is 24.3 Å². The molecular weight excluding hydrogens is 1130 g/mol. The van der Waals surface area contributed by atoms with Crippen molar-refractivity contribution in [3.8, 4) is 0 Å². The second-order valence-corrected chi connectivity index (χ2v) is 57.2. The minimum atomic E-state index is -1.92. The molecule has 0 heterocycles. The van der Waals surface area contributed by atoms with E-state index >= 15 is 0 Å². The summed E-state index contributed by atoms with van der Waals surface area (Å²) in [5.41, 5.74) is 0. The molecule has 1 rings (SSSR count). The van der Waals surface area contributed by atoms with E-state index in [2.05, 4.69) is 142 Å². The van der Waals surface area contributed by atoms with Crippen LogP contribution in [0.5, 0.6) is 0 Å². The molecule has 0 saturated carbocycles. The number of hydrogen-bond donors (Lipinski definition) is 0. The zero-order valence-corrected chi connectivity index (χ0v) is 59.8. The Balaban J connectivity index is -0.0000000829. The first-order valence-electron chi connectivity index (χ1n) is 27.0. The highest BCUT2D eigenvalue weighted by Crippen LogP contribution is 2.22. The largest absolute Gasteiger partial charge is 0.458 e. The lowest BCUT2D eigenvalue weighted by atomic mass is 10.4. The third kappa shape index (κ3) is 71.0. The van der Waals surface area contributed by atoms with Crippen molar-refractivity contribution in [2.24, 2.45) is 0 Å². The number of ether oxygens (including phenoxy) is 8. The van der Waals surface area contributed by atoms with Crippen molar-refractivity contribution in [1.82, 2.24) is 0 Å². The Labute approximate surface area is 505 Å². The van der Waals surface area contributed by atoms with Crippen LogP contribution in [0.25, 0.3) is 0 Å². The van der Waals surface area contributed by atoms with Crippen molar-refractivity contribution in [2.75, 3.05) is 108 Å². The van der Waals surface area contributed by atoms with Crippen LogP contribution < -0.4 is 10.4 Å². The van der Waals surface area contributed by atoms with Crippen LogP contribution >= 0.6 is 0 Å². The van der Waals surface area contributed by atoms with Gasteiger partial charge in [0.2, 0.25) is 0 Å². The normalized spacial score (nSPS) is 11.3. The number of benzene rings is 1. The van der Waals surface area contributed by atoms with Crippen LogP contribution in [0.3, 0.4) is 0 Å². The number of rotatable bonds is 39. The summed E-state index contributed by atoms with van der Waals surface area (Å²) in [6, 6.07) is 17.6. The zero-order chi connectivity index (χ0) is 54.1. The summed E-state index contributed by atoms with van der Waals surface area (Å²) >= 11 is 0. The molecule has 78 heavy (non-hydrogen) atoms. The van der Waals surface area contributed by atoms with Gasteiger partial charge >= 0.3 is 8.56 Å². The maximum absolute atomic E-state index is 6.37. The summed E-state index contributed by atoms with van der Waals surface area (Å²) in [7, 11) is -3.20. The van der Waals surface area contributed by atoms with Gasteiger partial charge in [0.25, 0.3) is 0 Å². The molecule has 0 spiro atoms. The van der Waals surface area contributed by atoms with Crippen molar-refractivity contribution in [3.63, 3.8) is 0 Å². The van der Waals surface area contributed by atoms with Crippen LogP contribution in [-0.4, -0.2) is 185 Å². The smallest absolute Gasteiger partial charge is 0.310 e. The molecule has 0 unspecified atom stereocenters. The molecule has 0 bridgehead atoms. The average molecular weight is 1280 g/mol. The summed E-state index contributed by atoms with van der Waals surface area (Å²) < 4.78 is 60.3. The molecule has 0 atom stereocenters. The third-order valence-electron chi connectivity index (χ3n) is 11.4. The van der Waals surface area contributed by atoms with Gasteiger partial charge in [-0.25, -0.2) is 0 Å². The lowest BCUT2D eigenvalue weighted by Gasteiger charge is -2.34. The van der Waals surface area contributed by atoms with Gasteiger partial charge in [-0.2, -0.15) is 0 Å². The van der Waals surface area contributed by atoms with Crippen molar-refractivity contribution in [1.29, 1.82) is 0 Å². The Morgan fingerprint density at radius 1 is 0.372 bits per heavy atom. The zero-order valence-electron chi connectivity index (χ0n) is 50.2. The Morgan fingerprint density at radius 3 is 1.03 bits per heavy atom. The molecule has 1 aromatic carbocycles. The maximum Gasteiger partial charge on any atom is 0.310 e. The summed E-state index contributed by atoms with van der Waals surface area (Å²) in [5, 5.41) is 3.15. The van der Waals surface area contributed by atoms with E-state index in [4.69, 9.17) is 50.2 Å². The molecule has 0 radical (unpaired) electrons. The van der Waals surface area contributed by atoms with Gasteiger partial charge in [-0.3, -0.25) is 0 Å². The molecule has 20 heteroatoms. The fourth-order valence-electron chi connectivity index (χ4n) is 7.72. The van der Waals surface area contributed by atoms with Gasteiger partial charge in [-0.05, 0) is 103 Å². The summed E-state index contributed by atoms with van der Waals surface area (Å²) in [6.07, 6.45) is 4.57. The van der Waals surface area contributed by atoms with E-state index in [1.54, 1.807) is 38.8 Å². The van der Waals surface area contributed by atoms with Crippen LogP contribution in [0.2, 0.25) is 154 Å². The first-order chi connectivity index (χ1) is 32.6. The fraction of sp³-hybridized carbons (Fsp3) is 0.897. The molecule has 11 nitrogen and oxygen atoms in total. The van der Waals surface area contributed by atoms with Crippen LogP contribution in [0, 0.1) is 0 Å². The third-order valence-corrected chi connectivity index (χ3v) is 37.9. The molecule has 0 saturated heterocycles. The molecule has 0 amide bonds. The van der Waals surface area contributed by atoms with Gasteiger partial charge in [-0.15, -0.1) is 0 Å². The predicted molar refractivity (Wildman–Crippen MR) is 384 cm³/mol.